The summed E-state index contributed by atoms with van der Waals surface area (Å²) in [6, 6.07) is 11.6. The van der Waals surface area contributed by atoms with Crippen LogP contribution in [0.4, 0.5) is 5.82 Å². The number of nitrogens with one attached hydrogen (secondary N) is 1. The fourth-order valence-corrected chi connectivity index (χ4v) is 1.87. The van der Waals surface area contributed by atoms with Gasteiger partial charge in [0.25, 0.3) is 0 Å². The van der Waals surface area contributed by atoms with Crippen LogP contribution in [0.15, 0.2) is 36.4 Å². The van der Waals surface area contributed by atoms with Crippen molar-refractivity contribution in [3.05, 3.63) is 41.6 Å². The maximum Gasteiger partial charge on any atom is 0.163 e. The quantitative estimate of drug-likeness (QED) is 0.858. The predicted octanol–water partition coefficient (Wildman–Crippen LogP) is 3.55. The second-order valence-corrected chi connectivity index (χ2v) is 6.21. The average molecular weight is 305 g/mol. The summed E-state index contributed by atoms with van der Waals surface area (Å²) in [5, 5.41) is 3.78. The highest BCUT2D eigenvalue weighted by atomic mass is 35.5. The minimum atomic E-state index is 0.0182. The molecule has 0 atom stereocenters. The first-order valence-electron chi connectivity index (χ1n) is 6.90. The summed E-state index contributed by atoms with van der Waals surface area (Å²) < 4.78 is 0. The van der Waals surface area contributed by atoms with Gasteiger partial charge in [0.15, 0.2) is 5.82 Å². The summed E-state index contributed by atoms with van der Waals surface area (Å²) in [5.41, 5.74) is 0.972. The van der Waals surface area contributed by atoms with Crippen LogP contribution in [0.25, 0.3) is 11.4 Å². The van der Waals surface area contributed by atoms with E-state index in [9.17, 15) is 0 Å². The zero-order chi connectivity index (χ0) is 15.5. The number of hydrogen-bond acceptors (Lipinski definition) is 4. The van der Waals surface area contributed by atoms with Crippen LogP contribution in [0.2, 0.25) is 5.15 Å². The molecule has 21 heavy (non-hydrogen) atoms. The van der Waals surface area contributed by atoms with Crippen LogP contribution < -0.4 is 5.32 Å². The SMILES string of the molecule is CN(C)C(C)(C)CNc1cc(Cl)nc(-c2ccccc2)n1. The molecule has 0 bridgehead atoms. The van der Waals surface area contributed by atoms with E-state index in [1.54, 1.807) is 6.07 Å². The third-order valence-electron chi connectivity index (χ3n) is 3.64. The molecule has 0 unspecified atom stereocenters. The molecule has 0 saturated heterocycles. The zero-order valence-electron chi connectivity index (χ0n) is 12.9. The highest BCUT2D eigenvalue weighted by molar-refractivity contribution is 6.29. The number of rotatable bonds is 5. The van der Waals surface area contributed by atoms with Crippen LogP contribution in [-0.4, -0.2) is 41.0 Å². The van der Waals surface area contributed by atoms with Gasteiger partial charge >= 0.3 is 0 Å². The Morgan fingerprint density at radius 3 is 2.43 bits per heavy atom. The molecule has 0 saturated carbocycles. The lowest BCUT2D eigenvalue weighted by atomic mass is 10.0. The maximum absolute atomic E-state index is 6.11. The third kappa shape index (κ3) is 4.16. The molecular weight excluding hydrogens is 284 g/mol. The molecule has 0 spiro atoms. The van der Waals surface area contributed by atoms with Gasteiger partial charge in [-0.05, 0) is 27.9 Å². The Kier molecular flexibility index (Phi) is 4.80. The highest BCUT2D eigenvalue weighted by Gasteiger charge is 2.20. The van der Waals surface area contributed by atoms with E-state index >= 15 is 0 Å². The lowest BCUT2D eigenvalue weighted by Crippen LogP contribution is -2.44. The third-order valence-corrected chi connectivity index (χ3v) is 3.83. The van der Waals surface area contributed by atoms with Crippen molar-refractivity contribution in [2.75, 3.05) is 26.0 Å². The second kappa shape index (κ2) is 6.41. The first-order chi connectivity index (χ1) is 9.88. The zero-order valence-corrected chi connectivity index (χ0v) is 13.6. The van der Waals surface area contributed by atoms with Crippen molar-refractivity contribution in [2.24, 2.45) is 0 Å². The number of likely N-dealkylation sites (N-methyl/N-ethyl adjacent to an activating group) is 1. The Morgan fingerprint density at radius 2 is 1.81 bits per heavy atom. The van der Waals surface area contributed by atoms with Gasteiger partial charge in [-0.3, -0.25) is 0 Å². The largest absolute Gasteiger partial charge is 0.368 e. The lowest BCUT2D eigenvalue weighted by molar-refractivity contribution is 0.210. The molecule has 1 heterocycles. The molecule has 4 nitrogen and oxygen atoms in total. The Balaban J connectivity index is 2.20. The van der Waals surface area contributed by atoms with E-state index in [2.05, 4.69) is 48.1 Å². The van der Waals surface area contributed by atoms with Crippen LogP contribution >= 0.6 is 11.6 Å². The minimum absolute atomic E-state index is 0.0182. The van der Waals surface area contributed by atoms with Gasteiger partial charge in [0.1, 0.15) is 11.0 Å². The molecule has 0 aliphatic heterocycles. The van der Waals surface area contributed by atoms with Gasteiger partial charge in [-0.15, -0.1) is 0 Å². The summed E-state index contributed by atoms with van der Waals surface area (Å²) in [6.45, 7) is 5.10. The number of halogens is 1. The summed E-state index contributed by atoms with van der Waals surface area (Å²) >= 11 is 6.11. The number of hydrogen-bond donors (Lipinski definition) is 1. The molecule has 0 aliphatic carbocycles. The standard InChI is InChI=1S/C16H21ClN4/c1-16(2,21(3)4)11-18-14-10-13(17)19-15(20-14)12-8-6-5-7-9-12/h5-10H,11H2,1-4H3,(H,18,19,20). The molecule has 1 aromatic carbocycles. The van der Waals surface area contributed by atoms with Gasteiger partial charge < -0.3 is 10.2 Å². The molecular formula is C16H21ClN4. The van der Waals surface area contributed by atoms with Crippen molar-refractivity contribution in [3.8, 4) is 11.4 Å². The fraction of sp³-hybridized carbons (Fsp3) is 0.375. The molecule has 1 aromatic heterocycles. The van der Waals surface area contributed by atoms with Crippen molar-refractivity contribution in [3.63, 3.8) is 0 Å². The number of aromatic nitrogens is 2. The van der Waals surface area contributed by atoms with Crippen LogP contribution in [0.1, 0.15) is 13.8 Å². The van der Waals surface area contributed by atoms with Gasteiger partial charge in [-0.25, -0.2) is 9.97 Å². The van der Waals surface area contributed by atoms with Crippen LogP contribution in [-0.2, 0) is 0 Å². The number of nitrogens with zero attached hydrogens (tertiary/aromatic N) is 3. The highest BCUT2D eigenvalue weighted by Crippen LogP contribution is 2.21. The summed E-state index contributed by atoms with van der Waals surface area (Å²) in [5.74, 6) is 1.37. The van der Waals surface area contributed by atoms with Crippen LogP contribution in [0, 0.1) is 0 Å². The Bertz CT molecular complexity index is 596. The number of anilines is 1. The van der Waals surface area contributed by atoms with Gasteiger partial charge in [-0.2, -0.15) is 0 Å². The van der Waals surface area contributed by atoms with Crippen molar-refractivity contribution in [1.82, 2.24) is 14.9 Å². The van der Waals surface area contributed by atoms with E-state index in [4.69, 9.17) is 11.6 Å². The first kappa shape index (κ1) is 15.7. The molecule has 0 aliphatic rings. The molecule has 1 N–H and O–H groups in total. The van der Waals surface area contributed by atoms with E-state index in [0.29, 0.717) is 11.0 Å². The van der Waals surface area contributed by atoms with Gasteiger partial charge in [-0.1, -0.05) is 41.9 Å². The van der Waals surface area contributed by atoms with Crippen molar-refractivity contribution < 1.29 is 0 Å². The van der Waals surface area contributed by atoms with Gasteiger partial charge in [0.05, 0.1) is 0 Å². The molecule has 5 heteroatoms. The fourth-order valence-electron chi connectivity index (χ4n) is 1.69. The molecule has 2 aromatic rings. The molecule has 0 radical (unpaired) electrons. The van der Waals surface area contributed by atoms with Gasteiger partial charge in [0, 0.05) is 23.7 Å². The molecule has 0 fully saturated rings. The van der Waals surface area contributed by atoms with E-state index < -0.39 is 0 Å². The average Bonchev–Trinajstić information content (AvgIpc) is 2.45. The van der Waals surface area contributed by atoms with Gasteiger partial charge in [0.2, 0.25) is 0 Å². The van der Waals surface area contributed by atoms with E-state index in [0.717, 1.165) is 17.9 Å². The smallest absolute Gasteiger partial charge is 0.163 e. The van der Waals surface area contributed by atoms with Crippen LogP contribution in [0.5, 0.6) is 0 Å². The molecule has 0 amide bonds. The monoisotopic (exact) mass is 304 g/mol. The Hall–Kier alpha value is -1.65. The van der Waals surface area contributed by atoms with E-state index in [1.807, 2.05) is 30.3 Å². The normalized spacial score (nSPS) is 11.7. The summed E-state index contributed by atoms with van der Waals surface area (Å²) in [4.78, 5) is 11.0. The molecule has 112 valence electrons. The van der Waals surface area contributed by atoms with E-state index in [1.165, 1.54) is 0 Å². The summed E-state index contributed by atoms with van der Waals surface area (Å²) in [7, 11) is 4.12. The topological polar surface area (TPSA) is 41.0 Å². The minimum Gasteiger partial charge on any atom is -0.368 e. The first-order valence-corrected chi connectivity index (χ1v) is 7.27. The lowest BCUT2D eigenvalue weighted by Gasteiger charge is -2.32. The van der Waals surface area contributed by atoms with Crippen molar-refractivity contribution in [2.45, 2.75) is 19.4 Å². The van der Waals surface area contributed by atoms with E-state index in [-0.39, 0.29) is 5.54 Å². The Labute approximate surface area is 131 Å². The maximum atomic E-state index is 6.11. The molecule has 2 rings (SSSR count). The van der Waals surface area contributed by atoms with Crippen LogP contribution in [0.3, 0.4) is 0 Å². The Morgan fingerprint density at radius 1 is 1.14 bits per heavy atom. The van der Waals surface area contributed by atoms with Crippen molar-refractivity contribution in [1.29, 1.82) is 0 Å². The summed E-state index contributed by atoms with van der Waals surface area (Å²) in [6.07, 6.45) is 0. The second-order valence-electron chi connectivity index (χ2n) is 5.83. The van der Waals surface area contributed by atoms with Crippen molar-refractivity contribution >= 4 is 17.4 Å². The number of benzene rings is 1. The predicted molar refractivity (Wildman–Crippen MR) is 88.7 cm³/mol.